The standard InChI is InChI=1S/C13H22N2OS/c1-9-5-3-4-6-10(9)15(2)12(16)13(7-8-13)11(14)17/h9-10H,3-8H2,1-2H3,(H2,14,17). The van der Waals surface area contributed by atoms with E-state index in [4.69, 9.17) is 18.0 Å². The summed E-state index contributed by atoms with van der Waals surface area (Å²) in [6, 6.07) is 0.378. The van der Waals surface area contributed by atoms with Crippen LogP contribution in [0.25, 0.3) is 0 Å². The molecule has 2 aliphatic carbocycles. The van der Waals surface area contributed by atoms with Crippen LogP contribution < -0.4 is 5.73 Å². The molecular weight excluding hydrogens is 232 g/mol. The monoisotopic (exact) mass is 254 g/mol. The minimum Gasteiger partial charge on any atom is -0.392 e. The molecule has 96 valence electrons. The molecule has 0 saturated heterocycles. The highest BCUT2D eigenvalue weighted by atomic mass is 32.1. The van der Waals surface area contributed by atoms with E-state index in [1.807, 2.05) is 11.9 Å². The Kier molecular flexibility index (Phi) is 3.43. The van der Waals surface area contributed by atoms with Gasteiger partial charge in [-0.15, -0.1) is 0 Å². The molecule has 1 amide bonds. The van der Waals surface area contributed by atoms with E-state index in [-0.39, 0.29) is 5.91 Å². The Morgan fingerprint density at radius 3 is 2.41 bits per heavy atom. The Morgan fingerprint density at radius 1 is 1.35 bits per heavy atom. The van der Waals surface area contributed by atoms with E-state index in [1.165, 1.54) is 19.3 Å². The molecule has 2 aliphatic rings. The summed E-state index contributed by atoms with van der Waals surface area (Å²) in [7, 11) is 1.92. The molecule has 4 heteroatoms. The summed E-state index contributed by atoms with van der Waals surface area (Å²) in [4.78, 5) is 14.8. The van der Waals surface area contributed by atoms with E-state index >= 15 is 0 Å². The van der Waals surface area contributed by atoms with Crippen LogP contribution in [0.4, 0.5) is 0 Å². The van der Waals surface area contributed by atoms with Gasteiger partial charge in [-0.2, -0.15) is 0 Å². The lowest BCUT2D eigenvalue weighted by molar-refractivity contribution is -0.136. The van der Waals surface area contributed by atoms with Gasteiger partial charge in [-0.25, -0.2) is 0 Å². The van der Waals surface area contributed by atoms with E-state index in [2.05, 4.69) is 6.92 Å². The molecule has 0 aromatic heterocycles. The first-order valence-electron chi connectivity index (χ1n) is 6.56. The highest BCUT2D eigenvalue weighted by Gasteiger charge is 2.54. The van der Waals surface area contributed by atoms with Gasteiger partial charge in [0.25, 0.3) is 0 Å². The maximum Gasteiger partial charge on any atom is 0.235 e. The van der Waals surface area contributed by atoms with Crippen LogP contribution in [0, 0.1) is 11.3 Å². The molecule has 2 unspecified atom stereocenters. The van der Waals surface area contributed by atoms with Gasteiger partial charge in [0.15, 0.2) is 0 Å². The zero-order valence-electron chi connectivity index (χ0n) is 10.7. The maximum absolute atomic E-state index is 12.5. The fourth-order valence-corrected chi connectivity index (χ4v) is 3.34. The van der Waals surface area contributed by atoms with E-state index in [0.29, 0.717) is 16.9 Å². The van der Waals surface area contributed by atoms with Gasteiger partial charge in [0, 0.05) is 13.1 Å². The molecule has 2 rings (SSSR count). The number of nitrogens with two attached hydrogens (primary N) is 1. The minimum atomic E-state index is -0.485. The van der Waals surface area contributed by atoms with Crippen molar-refractivity contribution in [2.75, 3.05) is 7.05 Å². The molecule has 0 heterocycles. The number of rotatable bonds is 3. The lowest BCUT2D eigenvalue weighted by Gasteiger charge is -2.38. The average Bonchev–Trinajstić information content (AvgIpc) is 3.09. The van der Waals surface area contributed by atoms with Gasteiger partial charge >= 0.3 is 0 Å². The summed E-state index contributed by atoms with van der Waals surface area (Å²) in [5, 5.41) is 0. The van der Waals surface area contributed by atoms with Crippen molar-refractivity contribution >= 4 is 23.1 Å². The number of carbonyl (C=O) groups is 1. The van der Waals surface area contributed by atoms with Gasteiger partial charge in [0.05, 0.1) is 10.4 Å². The van der Waals surface area contributed by atoms with Gasteiger partial charge < -0.3 is 10.6 Å². The van der Waals surface area contributed by atoms with Crippen LogP contribution >= 0.6 is 12.2 Å². The lowest BCUT2D eigenvalue weighted by atomic mass is 9.84. The van der Waals surface area contributed by atoms with Gasteiger partial charge in [-0.3, -0.25) is 4.79 Å². The average molecular weight is 254 g/mol. The van der Waals surface area contributed by atoms with Gasteiger partial charge in [-0.1, -0.05) is 32.0 Å². The van der Waals surface area contributed by atoms with Crippen LogP contribution in [-0.2, 0) is 4.79 Å². The van der Waals surface area contributed by atoms with Crippen LogP contribution in [0.2, 0.25) is 0 Å². The molecule has 0 aromatic carbocycles. The first kappa shape index (κ1) is 12.8. The van der Waals surface area contributed by atoms with Crippen molar-refractivity contribution < 1.29 is 4.79 Å². The van der Waals surface area contributed by atoms with Crippen molar-refractivity contribution in [1.82, 2.24) is 4.90 Å². The first-order valence-corrected chi connectivity index (χ1v) is 6.97. The number of hydrogen-bond acceptors (Lipinski definition) is 2. The number of hydrogen-bond donors (Lipinski definition) is 1. The SMILES string of the molecule is CC1CCCCC1N(C)C(=O)C1(C(N)=S)CC1. The lowest BCUT2D eigenvalue weighted by Crippen LogP contribution is -2.48. The largest absolute Gasteiger partial charge is 0.392 e. The van der Waals surface area contributed by atoms with Crippen molar-refractivity contribution in [3.05, 3.63) is 0 Å². The van der Waals surface area contributed by atoms with Crippen molar-refractivity contribution in [1.29, 1.82) is 0 Å². The minimum absolute atomic E-state index is 0.156. The molecule has 0 spiro atoms. The molecule has 2 saturated carbocycles. The Balaban J connectivity index is 2.07. The summed E-state index contributed by atoms with van der Waals surface area (Å²) in [5.41, 5.74) is 5.23. The summed E-state index contributed by atoms with van der Waals surface area (Å²) in [5.74, 6) is 0.753. The van der Waals surface area contributed by atoms with Gasteiger partial charge in [0.1, 0.15) is 0 Å². The van der Waals surface area contributed by atoms with Crippen molar-refractivity contribution in [2.45, 2.75) is 51.5 Å². The van der Waals surface area contributed by atoms with Crippen molar-refractivity contribution in [3.8, 4) is 0 Å². The molecule has 3 nitrogen and oxygen atoms in total. The molecule has 2 N–H and O–H groups in total. The highest BCUT2D eigenvalue weighted by Crippen LogP contribution is 2.48. The Labute approximate surface area is 109 Å². The van der Waals surface area contributed by atoms with E-state index in [1.54, 1.807) is 0 Å². The summed E-state index contributed by atoms with van der Waals surface area (Å²) >= 11 is 5.05. The number of nitrogens with zero attached hydrogens (tertiary/aromatic N) is 1. The van der Waals surface area contributed by atoms with Gasteiger partial charge in [-0.05, 0) is 31.6 Å². The Bertz CT molecular complexity index is 338. The molecular formula is C13H22N2OS. The number of thiocarbonyl (C=S) groups is 1. The van der Waals surface area contributed by atoms with Crippen molar-refractivity contribution in [2.24, 2.45) is 17.1 Å². The molecule has 0 aliphatic heterocycles. The van der Waals surface area contributed by atoms with Crippen molar-refractivity contribution in [3.63, 3.8) is 0 Å². The smallest absolute Gasteiger partial charge is 0.235 e. The third kappa shape index (κ3) is 2.19. The zero-order chi connectivity index (χ0) is 12.6. The molecule has 2 atom stereocenters. The molecule has 2 fully saturated rings. The second kappa shape index (κ2) is 4.56. The normalized spacial score (nSPS) is 30.7. The van der Waals surface area contributed by atoms with Crippen LogP contribution in [0.5, 0.6) is 0 Å². The summed E-state index contributed by atoms with van der Waals surface area (Å²) in [6.07, 6.45) is 6.55. The van der Waals surface area contributed by atoms with E-state index in [0.717, 1.165) is 19.3 Å². The predicted molar refractivity (Wildman–Crippen MR) is 72.6 cm³/mol. The Morgan fingerprint density at radius 2 is 1.94 bits per heavy atom. The van der Waals surface area contributed by atoms with Crippen LogP contribution in [0.3, 0.4) is 0 Å². The quantitative estimate of drug-likeness (QED) is 0.784. The second-order valence-corrected chi connectivity index (χ2v) is 6.13. The van der Waals surface area contributed by atoms with E-state index < -0.39 is 5.41 Å². The predicted octanol–water partition coefficient (Wildman–Crippen LogP) is 2.09. The molecule has 0 bridgehead atoms. The topological polar surface area (TPSA) is 46.3 Å². The molecule has 17 heavy (non-hydrogen) atoms. The fraction of sp³-hybridized carbons (Fsp3) is 0.846. The summed E-state index contributed by atoms with van der Waals surface area (Å²) < 4.78 is 0. The highest BCUT2D eigenvalue weighted by molar-refractivity contribution is 7.80. The van der Waals surface area contributed by atoms with Crippen LogP contribution in [0.15, 0.2) is 0 Å². The Hall–Kier alpha value is -0.640. The third-order valence-corrected chi connectivity index (χ3v) is 4.91. The summed E-state index contributed by atoms with van der Waals surface area (Å²) in [6.45, 7) is 2.24. The van der Waals surface area contributed by atoms with E-state index in [9.17, 15) is 4.79 Å². The second-order valence-electron chi connectivity index (χ2n) is 5.69. The van der Waals surface area contributed by atoms with Crippen LogP contribution in [0.1, 0.15) is 45.4 Å². The number of carbonyl (C=O) groups excluding carboxylic acids is 1. The van der Waals surface area contributed by atoms with Crippen LogP contribution in [-0.4, -0.2) is 28.9 Å². The molecule has 0 aromatic rings. The third-order valence-electron chi connectivity index (χ3n) is 4.52. The fourth-order valence-electron chi connectivity index (χ4n) is 3.05. The number of amides is 1. The zero-order valence-corrected chi connectivity index (χ0v) is 11.6. The van der Waals surface area contributed by atoms with Gasteiger partial charge in [0.2, 0.25) is 5.91 Å². The maximum atomic E-state index is 12.5. The first-order chi connectivity index (χ1) is 7.99. The molecule has 0 radical (unpaired) electrons.